The van der Waals surface area contributed by atoms with Crippen LogP contribution in [0, 0.1) is 11.7 Å². The summed E-state index contributed by atoms with van der Waals surface area (Å²) in [4.78, 5) is 12.3. The predicted octanol–water partition coefficient (Wildman–Crippen LogP) is 5.33. The molecule has 3 nitrogen and oxygen atoms in total. The van der Waals surface area contributed by atoms with E-state index in [1.807, 2.05) is 0 Å². The van der Waals surface area contributed by atoms with Crippen molar-refractivity contribution in [2.45, 2.75) is 58.5 Å². The molecule has 0 N–H and O–H groups in total. The molecule has 0 aliphatic carbocycles. The average molecular weight is 358 g/mol. The minimum Gasteiger partial charge on any atom is -0.491 e. The molecule has 0 bridgehead atoms. The normalized spacial score (nSPS) is 20.7. The molecule has 2 rings (SSSR count). The van der Waals surface area contributed by atoms with Gasteiger partial charge in [0.25, 0.3) is 6.43 Å². The minimum absolute atomic E-state index is 0.0998. The highest BCUT2D eigenvalue weighted by atomic mass is 19.3. The molecule has 1 aliphatic heterocycles. The van der Waals surface area contributed by atoms with Crippen molar-refractivity contribution in [3.05, 3.63) is 29.1 Å². The number of hydrogen-bond acceptors (Lipinski definition) is 3. The number of alkyl halides is 2. The summed E-state index contributed by atoms with van der Waals surface area (Å²) in [5.74, 6) is -1.31. The van der Waals surface area contributed by atoms with Gasteiger partial charge in [-0.15, -0.1) is 0 Å². The van der Waals surface area contributed by atoms with Gasteiger partial charge in [-0.25, -0.2) is 13.2 Å². The lowest BCUT2D eigenvalue weighted by atomic mass is 9.95. The second kappa shape index (κ2) is 9.22. The van der Waals surface area contributed by atoms with Crippen molar-refractivity contribution < 1.29 is 27.4 Å². The summed E-state index contributed by atoms with van der Waals surface area (Å²) in [6.45, 7) is 4.64. The molecule has 2 unspecified atom stereocenters. The van der Waals surface area contributed by atoms with E-state index in [9.17, 15) is 18.0 Å². The lowest BCUT2D eigenvalue weighted by Crippen LogP contribution is -2.24. The van der Waals surface area contributed by atoms with E-state index in [1.54, 1.807) is 6.92 Å². The van der Waals surface area contributed by atoms with E-state index >= 15 is 0 Å². The summed E-state index contributed by atoms with van der Waals surface area (Å²) < 4.78 is 51.4. The fraction of sp³-hybridized carbons (Fsp3) is 0.632. The van der Waals surface area contributed by atoms with Gasteiger partial charge in [0, 0.05) is 18.6 Å². The number of carbonyl (C=O) groups is 1. The van der Waals surface area contributed by atoms with E-state index in [0.29, 0.717) is 18.8 Å². The highest BCUT2D eigenvalue weighted by molar-refractivity contribution is 5.97. The van der Waals surface area contributed by atoms with E-state index < -0.39 is 23.6 Å². The van der Waals surface area contributed by atoms with Crippen LogP contribution in [0.2, 0.25) is 0 Å². The summed E-state index contributed by atoms with van der Waals surface area (Å²) in [5, 5.41) is 0. The summed E-state index contributed by atoms with van der Waals surface area (Å²) in [6, 6.07) is 2.47. The zero-order chi connectivity index (χ0) is 18.4. The second-order valence-corrected chi connectivity index (χ2v) is 6.53. The molecular weight excluding hydrogens is 333 g/mol. The van der Waals surface area contributed by atoms with Crippen LogP contribution in [0.15, 0.2) is 12.1 Å². The molecule has 1 aromatic rings. The third-order valence-electron chi connectivity index (χ3n) is 4.49. The Bertz CT molecular complexity index is 582. The molecule has 2 atom stereocenters. The maximum absolute atomic E-state index is 14.2. The van der Waals surface area contributed by atoms with Gasteiger partial charge in [-0.05, 0) is 50.7 Å². The first kappa shape index (κ1) is 19.8. The van der Waals surface area contributed by atoms with E-state index in [1.165, 1.54) is 12.1 Å². The molecule has 0 amide bonds. The molecule has 1 aromatic carbocycles. The van der Waals surface area contributed by atoms with E-state index in [2.05, 4.69) is 6.92 Å². The Balaban J connectivity index is 1.99. The summed E-state index contributed by atoms with van der Waals surface area (Å²) in [5.41, 5.74) is -1.12. The predicted molar refractivity (Wildman–Crippen MR) is 88.8 cm³/mol. The zero-order valence-corrected chi connectivity index (χ0v) is 14.7. The molecule has 1 heterocycles. The van der Waals surface area contributed by atoms with Crippen LogP contribution in [0.3, 0.4) is 0 Å². The molecule has 0 aromatic heterocycles. The van der Waals surface area contributed by atoms with Crippen molar-refractivity contribution in [1.29, 1.82) is 0 Å². The summed E-state index contributed by atoms with van der Waals surface area (Å²) in [6.07, 6.45) is 0.450. The Labute approximate surface area is 146 Å². The Morgan fingerprint density at radius 1 is 1.36 bits per heavy atom. The number of hydrogen-bond donors (Lipinski definition) is 0. The Morgan fingerprint density at radius 2 is 2.12 bits per heavy atom. The molecule has 1 fully saturated rings. The van der Waals surface area contributed by atoms with Gasteiger partial charge in [0.1, 0.15) is 0 Å². The fourth-order valence-corrected chi connectivity index (χ4v) is 3.09. The Kier molecular flexibility index (Phi) is 7.29. The van der Waals surface area contributed by atoms with E-state index in [-0.39, 0.29) is 30.4 Å². The summed E-state index contributed by atoms with van der Waals surface area (Å²) in [7, 11) is 0. The van der Waals surface area contributed by atoms with Gasteiger partial charge < -0.3 is 9.47 Å². The van der Waals surface area contributed by atoms with Crippen molar-refractivity contribution in [3.63, 3.8) is 0 Å². The van der Waals surface area contributed by atoms with Gasteiger partial charge in [0.05, 0.1) is 18.3 Å². The number of benzene rings is 1. The first-order chi connectivity index (χ1) is 11.9. The first-order valence-electron chi connectivity index (χ1n) is 8.82. The molecule has 1 saturated heterocycles. The van der Waals surface area contributed by atoms with Gasteiger partial charge in [-0.2, -0.15) is 0 Å². The Morgan fingerprint density at radius 3 is 2.72 bits per heavy atom. The van der Waals surface area contributed by atoms with E-state index in [4.69, 9.17) is 9.47 Å². The molecule has 1 aliphatic rings. The van der Waals surface area contributed by atoms with Crippen LogP contribution in [-0.4, -0.2) is 25.1 Å². The fourth-order valence-electron chi connectivity index (χ4n) is 3.09. The topological polar surface area (TPSA) is 35.5 Å². The van der Waals surface area contributed by atoms with Gasteiger partial charge in [-0.1, -0.05) is 6.92 Å². The van der Waals surface area contributed by atoms with Crippen molar-refractivity contribution in [2.75, 3.05) is 13.2 Å². The monoisotopic (exact) mass is 358 g/mol. The maximum Gasteiger partial charge on any atom is 0.267 e. The number of rotatable bonds is 8. The van der Waals surface area contributed by atoms with Crippen LogP contribution in [-0.2, 0) is 4.74 Å². The zero-order valence-electron chi connectivity index (χ0n) is 14.7. The van der Waals surface area contributed by atoms with Crippen LogP contribution >= 0.6 is 0 Å². The number of Topliss-reactive ketones (excluding diaryl/α,β-unsaturated/α-hetero) is 1. The third kappa shape index (κ3) is 5.21. The molecule has 25 heavy (non-hydrogen) atoms. The quantitative estimate of drug-likeness (QED) is 0.589. The maximum atomic E-state index is 14.2. The average Bonchev–Trinajstić information content (AvgIpc) is 2.58. The standard InChI is InChI=1S/C19H25F3O3/c1-3-24-16-10-9-14(17(18(16)20)19(21)22)15(23)6-4-5-13-8-7-12(2)11-25-13/h9-10,12-13,19H,3-8,11H2,1-2H3. The van der Waals surface area contributed by atoms with Gasteiger partial charge in [0.2, 0.25) is 0 Å². The minimum atomic E-state index is -3.07. The highest BCUT2D eigenvalue weighted by Crippen LogP contribution is 2.33. The summed E-state index contributed by atoms with van der Waals surface area (Å²) >= 11 is 0. The third-order valence-corrected chi connectivity index (χ3v) is 4.49. The van der Waals surface area contributed by atoms with Crippen LogP contribution in [0.4, 0.5) is 13.2 Å². The first-order valence-corrected chi connectivity index (χ1v) is 8.82. The van der Waals surface area contributed by atoms with Crippen LogP contribution in [0.1, 0.15) is 68.3 Å². The Hall–Kier alpha value is -1.56. The lowest BCUT2D eigenvalue weighted by molar-refractivity contribution is -0.0159. The van der Waals surface area contributed by atoms with Crippen LogP contribution in [0.5, 0.6) is 5.75 Å². The molecule has 140 valence electrons. The van der Waals surface area contributed by atoms with Gasteiger partial charge >= 0.3 is 0 Å². The van der Waals surface area contributed by atoms with Crippen molar-refractivity contribution >= 4 is 5.78 Å². The number of ether oxygens (including phenoxy) is 2. The van der Waals surface area contributed by atoms with Crippen LogP contribution in [0.25, 0.3) is 0 Å². The number of halogens is 3. The van der Waals surface area contributed by atoms with Gasteiger partial charge in [0.15, 0.2) is 17.3 Å². The molecule has 0 spiro atoms. The van der Waals surface area contributed by atoms with Crippen LogP contribution < -0.4 is 4.74 Å². The second-order valence-electron chi connectivity index (χ2n) is 6.53. The number of ketones is 1. The van der Waals surface area contributed by atoms with Gasteiger partial charge in [-0.3, -0.25) is 4.79 Å². The molecule has 0 saturated carbocycles. The largest absolute Gasteiger partial charge is 0.491 e. The SMILES string of the molecule is CCOc1ccc(C(=O)CCCC2CCC(C)CO2)c(C(F)F)c1F. The van der Waals surface area contributed by atoms with E-state index in [0.717, 1.165) is 19.4 Å². The van der Waals surface area contributed by atoms with Crippen molar-refractivity contribution in [1.82, 2.24) is 0 Å². The molecular formula is C19H25F3O3. The van der Waals surface area contributed by atoms with Crippen molar-refractivity contribution in [3.8, 4) is 5.75 Å². The van der Waals surface area contributed by atoms with Crippen molar-refractivity contribution in [2.24, 2.45) is 5.92 Å². The highest BCUT2D eigenvalue weighted by Gasteiger charge is 2.26. The molecule has 6 heteroatoms. The molecule has 0 radical (unpaired) electrons. The number of carbonyl (C=O) groups excluding carboxylic acids is 1. The smallest absolute Gasteiger partial charge is 0.267 e. The lowest BCUT2D eigenvalue weighted by Gasteiger charge is -2.26.